The van der Waals surface area contributed by atoms with Gasteiger partial charge in [-0.15, -0.1) is 6.54 Å². The average Bonchev–Trinajstić information content (AvgIpc) is 2.19. The number of aryl methyl sites for hydroxylation is 1. The minimum Gasteiger partial charge on any atom is -0.564 e. The third kappa shape index (κ3) is 4.69. The van der Waals surface area contributed by atoms with Crippen LogP contribution in [-0.4, -0.2) is 23.2 Å². The van der Waals surface area contributed by atoms with Crippen molar-refractivity contribution < 1.29 is 68.3 Å². The predicted molar refractivity (Wildman–Crippen MR) is 49.8 cm³/mol. The van der Waals surface area contributed by atoms with Crippen molar-refractivity contribution in [2.45, 2.75) is 12.8 Å². The molecule has 0 fully saturated rings. The van der Waals surface area contributed by atoms with Crippen molar-refractivity contribution in [3.63, 3.8) is 0 Å². The van der Waals surface area contributed by atoms with Gasteiger partial charge in [-0.1, -0.05) is 11.9 Å². The fourth-order valence-electron chi connectivity index (χ4n) is 1.69. The van der Waals surface area contributed by atoms with E-state index in [9.17, 15) is 0 Å². The van der Waals surface area contributed by atoms with Crippen molar-refractivity contribution in [3.05, 3.63) is 30.6 Å². The molecule has 1 aromatic rings. The summed E-state index contributed by atoms with van der Waals surface area (Å²) in [5.74, 6) is 0. The van der Waals surface area contributed by atoms with Crippen LogP contribution in [0.1, 0.15) is 12.1 Å². The van der Waals surface area contributed by atoms with Gasteiger partial charge < -0.3 is 10.0 Å². The van der Waals surface area contributed by atoms with Gasteiger partial charge in [0.05, 0.1) is 0 Å². The monoisotopic (exact) mass is 728 g/mol. The molecule has 1 aliphatic rings. The number of hydrogen-bond acceptors (Lipinski definition) is 3. The van der Waals surface area contributed by atoms with Crippen molar-refractivity contribution >= 4 is 5.69 Å². The van der Waals surface area contributed by atoms with Crippen molar-refractivity contribution in [1.29, 1.82) is 0 Å². The van der Waals surface area contributed by atoms with Gasteiger partial charge in [-0.2, -0.15) is 6.61 Å². The molecule has 0 spiro atoms. The molecule has 3 nitrogen and oxygen atoms in total. The molecule has 0 aromatic carbocycles. The van der Waals surface area contributed by atoms with E-state index >= 15 is 0 Å². The Hall–Kier alpha value is 0.975. The minimum atomic E-state index is 0. The first-order valence-corrected chi connectivity index (χ1v) is 4.47. The van der Waals surface area contributed by atoms with E-state index in [0.717, 1.165) is 30.8 Å². The van der Waals surface area contributed by atoms with Crippen LogP contribution in [0.3, 0.4) is 0 Å². The number of nitrogens with zero attached hydrogens (tertiary/aromatic N) is 2. The molecule has 6 heteroatoms. The van der Waals surface area contributed by atoms with Gasteiger partial charge in [0, 0.05) is 63.2 Å². The quantitative estimate of drug-likeness (QED) is 0.466. The van der Waals surface area contributed by atoms with Gasteiger partial charge in [0.2, 0.25) is 0 Å². The van der Waals surface area contributed by atoms with Crippen molar-refractivity contribution in [2.75, 3.05) is 18.0 Å². The molecule has 2 heterocycles. The van der Waals surface area contributed by atoms with E-state index in [4.69, 9.17) is 5.11 Å². The Balaban J connectivity index is 0. The molecule has 0 radical (unpaired) electrons. The van der Waals surface area contributed by atoms with Gasteiger partial charge >= 0.3 is 0 Å². The van der Waals surface area contributed by atoms with Crippen LogP contribution in [0.2, 0.25) is 0 Å². The molecule has 0 amide bonds. The van der Waals surface area contributed by atoms with E-state index in [1.807, 2.05) is 6.07 Å². The van der Waals surface area contributed by atoms with Crippen LogP contribution < -0.4 is 4.90 Å². The van der Waals surface area contributed by atoms with Crippen LogP contribution >= 0.6 is 0 Å². The Bertz CT molecular complexity index is 299. The molecule has 1 N–H and O–H groups in total. The number of anilines is 1. The van der Waals surface area contributed by atoms with Gasteiger partial charge in [0.1, 0.15) is 0 Å². The maximum absolute atomic E-state index is 8.75. The number of hydrogen-bond donors (Lipinski definition) is 1. The number of aliphatic hydroxyl groups is 1. The van der Waals surface area contributed by atoms with Crippen LogP contribution in [0, 0.1) is 12.7 Å². The summed E-state index contributed by atoms with van der Waals surface area (Å²) in [7, 11) is 0. The van der Waals surface area contributed by atoms with E-state index < -0.39 is 0 Å². The maximum atomic E-state index is 8.75. The molecule has 1 aliphatic heterocycles. The van der Waals surface area contributed by atoms with E-state index in [-0.39, 0.29) is 63.2 Å². The Labute approximate surface area is 139 Å². The Morgan fingerprint density at radius 3 is 2.88 bits per heavy atom. The van der Waals surface area contributed by atoms with Crippen molar-refractivity contribution in [1.82, 2.24) is 4.98 Å². The largest absolute Gasteiger partial charge is 0.564 e. The first kappa shape index (κ1) is 19.3. The molecule has 0 aliphatic carbocycles. The summed E-state index contributed by atoms with van der Waals surface area (Å²) in [6.07, 6.45) is 3.84. The van der Waals surface area contributed by atoms with E-state index in [1.54, 1.807) is 6.20 Å². The van der Waals surface area contributed by atoms with E-state index in [0.29, 0.717) is 6.54 Å². The predicted octanol–water partition coefficient (Wildman–Crippen LogP) is 1.16. The summed E-state index contributed by atoms with van der Waals surface area (Å²) in [6.45, 7) is 2.75. The Morgan fingerprint density at radius 2 is 2.19 bits per heavy atom. The van der Waals surface area contributed by atoms with Gasteiger partial charge in [-0.05, 0) is 25.1 Å². The normalized spacial score (nSPS) is 12.7. The number of fused-ring (bicyclic) bond motifs is 1. The van der Waals surface area contributed by atoms with Gasteiger partial charge in [0.25, 0.3) is 0 Å². The fraction of sp³-hybridized carbons (Fsp3) is 0.400. The average molecular weight is 728 g/mol. The van der Waals surface area contributed by atoms with Gasteiger partial charge in [0.15, 0.2) is 0 Å². The summed E-state index contributed by atoms with van der Waals surface area (Å²) in [4.78, 5) is 6.37. The molecule has 0 unspecified atom stereocenters. The molecular weight excluding hydrogens is 716 g/mol. The van der Waals surface area contributed by atoms with E-state index in [1.165, 1.54) is 6.61 Å². The smallest absolute Gasteiger partial charge is 0 e. The molecule has 0 saturated heterocycles. The molecule has 0 saturated carbocycles. The maximum Gasteiger partial charge on any atom is 0 e. The SMILES string of the molecule is O[CH-]CN1CCCc2nc[c-]cc21.[W].[W].[W]. The fourth-order valence-corrected chi connectivity index (χ4v) is 1.69. The molecule has 2 rings (SSSR count). The molecule has 16 heavy (non-hydrogen) atoms. The standard InChI is InChI=1S/C10H12N2O.3W/c13-8-7-12-6-2-3-9-10(12)4-1-5-11-9;;;/h4-5,8,13H,2-3,6-7H2;;;/q-2;;;. The topological polar surface area (TPSA) is 36.4 Å². The summed E-state index contributed by atoms with van der Waals surface area (Å²) in [6, 6.07) is 4.90. The molecule has 0 atom stereocenters. The number of aliphatic hydroxyl groups excluding tert-OH is 1. The Kier molecular flexibility index (Phi) is 12.0. The molecule has 0 bridgehead atoms. The van der Waals surface area contributed by atoms with Crippen LogP contribution in [-0.2, 0) is 69.6 Å². The second-order valence-electron chi connectivity index (χ2n) is 3.13. The van der Waals surface area contributed by atoms with Crippen LogP contribution in [0.15, 0.2) is 12.3 Å². The first-order valence-electron chi connectivity index (χ1n) is 4.47. The zero-order valence-electron chi connectivity index (χ0n) is 8.63. The third-order valence-electron chi connectivity index (χ3n) is 2.29. The summed E-state index contributed by atoms with van der Waals surface area (Å²) < 4.78 is 0. The van der Waals surface area contributed by atoms with Crippen LogP contribution in [0.4, 0.5) is 5.69 Å². The molecular formula is C10H12N2OW3-2. The summed E-state index contributed by atoms with van der Waals surface area (Å²) in [5.41, 5.74) is 2.23. The van der Waals surface area contributed by atoms with Crippen molar-refractivity contribution in [2.24, 2.45) is 0 Å². The minimum absolute atomic E-state index is 0. The van der Waals surface area contributed by atoms with Crippen LogP contribution in [0.25, 0.3) is 0 Å². The third-order valence-corrected chi connectivity index (χ3v) is 2.29. The molecule has 88 valence electrons. The van der Waals surface area contributed by atoms with Crippen LogP contribution in [0.5, 0.6) is 0 Å². The summed E-state index contributed by atoms with van der Waals surface area (Å²) in [5, 5.41) is 8.75. The second kappa shape index (κ2) is 9.95. The zero-order chi connectivity index (χ0) is 9.10. The van der Waals surface area contributed by atoms with Crippen molar-refractivity contribution in [3.8, 4) is 0 Å². The van der Waals surface area contributed by atoms with E-state index in [2.05, 4.69) is 16.0 Å². The van der Waals surface area contributed by atoms with Gasteiger partial charge in [-0.3, -0.25) is 4.98 Å². The Morgan fingerprint density at radius 1 is 1.44 bits per heavy atom. The number of rotatable bonds is 2. The number of aromatic nitrogens is 1. The number of pyridine rings is 1. The summed E-state index contributed by atoms with van der Waals surface area (Å²) >= 11 is 0. The molecule has 1 aromatic heterocycles. The second-order valence-corrected chi connectivity index (χ2v) is 3.13. The van der Waals surface area contributed by atoms with Gasteiger partial charge in [-0.25, -0.2) is 12.1 Å². The first-order chi connectivity index (χ1) is 6.42. The zero-order valence-corrected chi connectivity index (χ0v) is 17.4.